The molecular formula is C14H18N2O4. The first kappa shape index (κ1) is 15.7. The van der Waals surface area contributed by atoms with Gasteiger partial charge in [-0.15, -0.1) is 0 Å². The number of hydrogen-bond donors (Lipinski definition) is 3. The van der Waals surface area contributed by atoms with Crippen LogP contribution in [0.2, 0.25) is 0 Å². The van der Waals surface area contributed by atoms with Crippen LogP contribution in [0.1, 0.15) is 35.7 Å². The minimum Gasteiger partial charge on any atom is -0.478 e. The number of benzene rings is 1. The van der Waals surface area contributed by atoms with Gasteiger partial charge in [0, 0.05) is 12.1 Å². The Bertz CT molecular complexity index is 526. The molecule has 0 aromatic heterocycles. The van der Waals surface area contributed by atoms with Gasteiger partial charge in [-0.05, 0) is 31.0 Å². The molecule has 2 amide bonds. The van der Waals surface area contributed by atoms with Gasteiger partial charge in [0.05, 0.1) is 12.1 Å². The molecule has 0 aliphatic rings. The lowest BCUT2D eigenvalue weighted by Crippen LogP contribution is -2.32. The summed E-state index contributed by atoms with van der Waals surface area (Å²) in [6.45, 7) is 3.43. The summed E-state index contributed by atoms with van der Waals surface area (Å²) >= 11 is 0. The second kappa shape index (κ2) is 7.28. The van der Waals surface area contributed by atoms with Crippen LogP contribution in [0.5, 0.6) is 0 Å². The van der Waals surface area contributed by atoms with Crippen LogP contribution in [0.25, 0.3) is 0 Å². The number of carboxylic acids is 1. The predicted molar refractivity (Wildman–Crippen MR) is 74.7 cm³/mol. The zero-order valence-corrected chi connectivity index (χ0v) is 11.5. The van der Waals surface area contributed by atoms with E-state index in [0.29, 0.717) is 24.1 Å². The first-order chi connectivity index (χ1) is 9.43. The van der Waals surface area contributed by atoms with E-state index in [1.807, 2.05) is 6.92 Å². The minimum absolute atomic E-state index is 0.130. The van der Waals surface area contributed by atoms with E-state index in [1.165, 1.54) is 6.07 Å². The van der Waals surface area contributed by atoms with Gasteiger partial charge in [0.2, 0.25) is 11.8 Å². The van der Waals surface area contributed by atoms with Gasteiger partial charge in [-0.3, -0.25) is 9.59 Å². The summed E-state index contributed by atoms with van der Waals surface area (Å²) in [5.74, 6) is -1.62. The van der Waals surface area contributed by atoms with E-state index in [1.54, 1.807) is 19.1 Å². The zero-order chi connectivity index (χ0) is 15.1. The molecule has 0 saturated carbocycles. The monoisotopic (exact) mass is 278 g/mol. The topological polar surface area (TPSA) is 95.5 Å². The number of hydrogen-bond acceptors (Lipinski definition) is 3. The first-order valence-electron chi connectivity index (χ1n) is 6.34. The fourth-order valence-corrected chi connectivity index (χ4v) is 1.63. The van der Waals surface area contributed by atoms with Crippen molar-refractivity contribution in [1.82, 2.24) is 5.32 Å². The van der Waals surface area contributed by atoms with Crippen LogP contribution in [0, 0.1) is 6.92 Å². The number of carbonyl (C=O) groups excluding carboxylic acids is 2. The summed E-state index contributed by atoms with van der Waals surface area (Å²) in [5, 5.41) is 14.0. The molecule has 0 aliphatic carbocycles. The van der Waals surface area contributed by atoms with E-state index in [9.17, 15) is 14.4 Å². The summed E-state index contributed by atoms with van der Waals surface area (Å²) in [7, 11) is 0. The van der Waals surface area contributed by atoms with Crippen LogP contribution in [-0.2, 0) is 9.59 Å². The fourth-order valence-electron chi connectivity index (χ4n) is 1.63. The van der Waals surface area contributed by atoms with Crippen molar-refractivity contribution in [2.24, 2.45) is 0 Å². The molecule has 20 heavy (non-hydrogen) atoms. The van der Waals surface area contributed by atoms with Crippen molar-refractivity contribution in [3.63, 3.8) is 0 Å². The zero-order valence-electron chi connectivity index (χ0n) is 11.5. The highest BCUT2D eigenvalue weighted by Crippen LogP contribution is 2.15. The number of carbonyl (C=O) groups is 3. The van der Waals surface area contributed by atoms with E-state index in [2.05, 4.69) is 10.6 Å². The number of anilines is 1. The molecule has 108 valence electrons. The van der Waals surface area contributed by atoms with Crippen LogP contribution in [0.15, 0.2) is 18.2 Å². The number of aromatic carboxylic acids is 1. The van der Waals surface area contributed by atoms with Crippen LogP contribution in [0.3, 0.4) is 0 Å². The molecule has 3 N–H and O–H groups in total. The third kappa shape index (κ3) is 4.72. The van der Waals surface area contributed by atoms with Crippen LogP contribution in [0.4, 0.5) is 5.69 Å². The number of carboxylic acid groups (broad SMARTS) is 1. The highest BCUT2D eigenvalue weighted by molar-refractivity contribution is 5.96. The van der Waals surface area contributed by atoms with Gasteiger partial charge in [0.1, 0.15) is 0 Å². The average Bonchev–Trinajstić information content (AvgIpc) is 2.39. The first-order valence-corrected chi connectivity index (χ1v) is 6.34. The van der Waals surface area contributed by atoms with E-state index in [-0.39, 0.29) is 18.0 Å². The fraction of sp³-hybridized carbons (Fsp3) is 0.357. The Morgan fingerprint density at radius 2 is 1.90 bits per heavy atom. The van der Waals surface area contributed by atoms with Gasteiger partial charge in [-0.1, -0.05) is 13.0 Å². The smallest absolute Gasteiger partial charge is 0.336 e. The lowest BCUT2D eigenvalue weighted by molar-refractivity contribution is -0.124. The summed E-state index contributed by atoms with van der Waals surface area (Å²) in [6.07, 6.45) is 1.09. The van der Waals surface area contributed by atoms with Gasteiger partial charge in [-0.2, -0.15) is 0 Å². The Labute approximate surface area is 117 Å². The lowest BCUT2D eigenvalue weighted by atomic mass is 10.1. The van der Waals surface area contributed by atoms with Gasteiger partial charge < -0.3 is 15.7 Å². The van der Waals surface area contributed by atoms with Crippen LogP contribution in [-0.4, -0.2) is 29.4 Å². The highest BCUT2D eigenvalue weighted by atomic mass is 16.4. The molecule has 0 radical (unpaired) electrons. The molecule has 0 heterocycles. The number of rotatable bonds is 6. The maximum atomic E-state index is 11.6. The van der Waals surface area contributed by atoms with Crippen molar-refractivity contribution >= 4 is 23.5 Å². The van der Waals surface area contributed by atoms with E-state index in [0.717, 1.165) is 0 Å². The Hall–Kier alpha value is -2.37. The molecule has 0 unspecified atom stereocenters. The van der Waals surface area contributed by atoms with Crippen molar-refractivity contribution < 1.29 is 19.5 Å². The van der Waals surface area contributed by atoms with Gasteiger partial charge in [0.25, 0.3) is 0 Å². The van der Waals surface area contributed by atoms with E-state index in [4.69, 9.17) is 5.11 Å². The van der Waals surface area contributed by atoms with Crippen molar-refractivity contribution in [3.8, 4) is 0 Å². The second-order valence-electron chi connectivity index (χ2n) is 4.41. The molecule has 6 heteroatoms. The lowest BCUT2D eigenvalue weighted by Gasteiger charge is -2.08. The molecule has 1 aromatic rings. The minimum atomic E-state index is -1.05. The second-order valence-corrected chi connectivity index (χ2v) is 4.41. The van der Waals surface area contributed by atoms with Crippen molar-refractivity contribution in [1.29, 1.82) is 0 Å². The summed E-state index contributed by atoms with van der Waals surface area (Å²) in [5.41, 5.74) is 1.15. The van der Waals surface area contributed by atoms with Crippen molar-refractivity contribution in [2.75, 3.05) is 11.9 Å². The van der Waals surface area contributed by atoms with E-state index < -0.39 is 11.9 Å². The maximum Gasteiger partial charge on any atom is 0.336 e. The van der Waals surface area contributed by atoms with Crippen LogP contribution >= 0.6 is 0 Å². The normalized spacial score (nSPS) is 9.90. The Morgan fingerprint density at radius 3 is 2.50 bits per heavy atom. The molecule has 0 bridgehead atoms. The molecule has 0 saturated heterocycles. The standard InChI is InChI=1S/C14H18N2O4/c1-3-4-12(17)15-8-13(18)16-10-6-5-9(2)11(7-10)14(19)20/h5-7H,3-4,8H2,1-2H3,(H,15,17)(H,16,18)(H,19,20). The summed E-state index contributed by atoms with van der Waals surface area (Å²) in [4.78, 5) is 33.8. The molecule has 0 aliphatic heterocycles. The van der Waals surface area contributed by atoms with Gasteiger partial charge in [0.15, 0.2) is 0 Å². The number of nitrogens with one attached hydrogen (secondary N) is 2. The maximum absolute atomic E-state index is 11.6. The predicted octanol–water partition coefficient (Wildman–Crippen LogP) is 1.55. The molecule has 6 nitrogen and oxygen atoms in total. The van der Waals surface area contributed by atoms with Gasteiger partial charge >= 0.3 is 5.97 Å². The van der Waals surface area contributed by atoms with Crippen LogP contribution < -0.4 is 10.6 Å². The Morgan fingerprint density at radius 1 is 1.20 bits per heavy atom. The molecule has 0 atom stereocenters. The third-order valence-electron chi connectivity index (χ3n) is 2.67. The number of amides is 2. The molecule has 1 rings (SSSR count). The highest BCUT2D eigenvalue weighted by Gasteiger charge is 2.10. The van der Waals surface area contributed by atoms with Crippen molar-refractivity contribution in [2.45, 2.75) is 26.7 Å². The largest absolute Gasteiger partial charge is 0.478 e. The van der Waals surface area contributed by atoms with Crippen molar-refractivity contribution in [3.05, 3.63) is 29.3 Å². The molecule has 0 fully saturated rings. The SMILES string of the molecule is CCCC(=O)NCC(=O)Nc1ccc(C)c(C(=O)O)c1. The summed E-state index contributed by atoms with van der Waals surface area (Å²) in [6, 6.07) is 4.63. The molecule has 1 aromatic carbocycles. The molecule has 0 spiro atoms. The Balaban J connectivity index is 2.60. The quantitative estimate of drug-likeness (QED) is 0.735. The molecular weight excluding hydrogens is 260 g/mol. The summed E-state index contributed by atoms with van der Waals surface area (Å²) < 4.78 is 0. The Kier molecular flexibility index (Phi) is 5.71. The number of aryl methyl sites for hydroxylation is 1. The average molecular weight is 278 g/mol. The third-order valence-corrected chi connectivity index (χ3v) is 2.67. The van der Waals surface area contributed by atoms with Gasteiger partial charge in [-0.25, -0.2) is 4.79 Å². The van der Waals surface area contributed by atoms with E-state index >= 15 is 0 Å².